The minimum absolute atomic E-state index is 0.0643. The van der Waals surface area contributed by atoms with Gasteiger partial charge in [0.15, 0.2) is 5.13 Å². The van der Waals surface area contributed by atoms with Crippen molar-refractivity contribution in [2.24, 2.45) is 0 Å². The van der Waals surface area contributed by atoms with E-state index in [0.29, 0.717) is 25.3 Å². The summed E-state index contributed by atoms with van der Waals surface area (Å²) in [5.74, 6) is -1.15. The number of hydrogen-bond donors (Lipinski definition) is 1. The van der Waals surface area contributed by atoms with Gasteiger partial charge in [-0.1, -0.05) is 0 Å². The fraction of sp³-hybridized carbons (Fsp3) is 0.385. The molecule has 1 atom stereocenters. The first-order chi connectivity index (χ1) is 10.4. The normalized spacial score (nSPS) is 19.5. The summed E-state index contributed by atoms with van der Waals surface area (Å²) in [5, 5.41) is 3.01. The molecular weight excluding hydrogens is 320 g/mol. The van der Waals surface area contributed by atoms with Crippen molar-refractivity contribution in [3.63, 3.8) is 0 Å². The van der Waals surface area contributed by atoms with Crippen LogP contribution >= 0.6 is 11.3 Å². The lowest BCUT2D eigenvalue weighted by Gasteiger charge is -2.34. The highest BCUT2D eigenvalue weighted by atomic mass is 32.1. The molecule has 1 unspecified atom stereocenters. The zero-order valence-electron chi connectivity index (χ0n) is 11.3. The highest BCUT2D eigenvalue weighted by Crippen LogP contribution is 2.28. The van der Waals surface area contributed by atoms with Crippen molar-refractivity contribution in [1.82, 2.24) is 15.3 Å². The molecule has 1 saturated heterocycles. The van der Waals surface area contributed by atoms with Crippen LogP contribution in [0.4, 0.5) is 23.2 Å². The molecule has 0 radical (unpaired) electrons. The monoisotopic (exact) mass is 332 g/mol. The SMILES string of the molecule is Fc1ccc(C2CN(c3cnc(C(F)(F)F)nc3)CCN2)s1. The summed E-state index contributed by atoms with van der Waals surface area (Å²) >= 11 is 1.06. The third-order valence-corrected chi connectivity index (χ3v) is 4.36. The Hall–Kier alpha value is -1.74. The number of piperazine rings is 1. The molecule has 118 valence electrons. The second-order valence-electron chi connectivity index (χ2n) is 4.86. The van der Waals surface area contributed by atoms with E-state index in [1.54, 1.807) is 6.07 Å². The van der Waals surface area contributed by atoms with Crippen LogP contribution in [-0.2, 0) is 6.18 Å². The van der Waals surface area contributed by atoms with Crippen molar-refractivity contribution in [3.05, 3.63) is 40.4 Å². The average Bonchev–Trinajstić information content (AvgIpc) is 2.93. The van der Waals surface area contributed by atoms with Crippen molar-refractivity contribution in [2.75, 3.05) is 24.5 Å². The van der Waals surface area contributed by atoms with Crippen molar-refractivity contribution < 1.29 is 17.6 Å². The van der Waals surface area contributed by atoms with Gasteiger partial charge in [-0.3, -0.25) is 0 Å². The molecule has 0 aromatic carbocycles. The number of hydrogen-bond acceptors (Lipinski definition) is 5. The van der Waals surface area contributed by atoms with Gasteiger partial charge in [-0.25, -0.2) is 9.97 Å². The largest absolute Gasteiger partial charge is 0.451 e. The number of anilines is 1. The molecule has 22 heavy (non-hydrogen) atoms. The molecule has 0 saturated carbocycles. The van der Waals surface area contributed by atoms with Gasteiger partial charge in [0.05, 0.1) is 24.1 Å². The maximum absolute atomic E-state index is 13.1. The number of thiophene rings is 1. The van der Waals surface area contributed by atoms with Gasteiger partial charge in [-0.05, 0) is 12.1 Å². The second-order valence-corrected chi connectivity index (χ2v) is 5.92. The number of aromatic nitrogens is 2. The molecule has 3 rings (SSSR count). The van der Waals surface area contributed by atoms with Gasteiger partial charge in [-0.15, -0.1) is 11.3 Å². The molecule has 1 aliphatic heterocycles. The van der Waals surface area contributed by atoms with Gasteiger partial charge in [0.2, 0.25) is 5.82 Å². The van der Waals surface area contributed by atoms with Crippen molar-refractivity contribution in [2.45, 2.75) is 12.2 Å². The predicted molar refractivity (Wildman–Crippen MR) is 74.3 cm³/mol. The van der Waals surface area contributed by atoms with Gasteiger partial charge in [0.1, 0.15) is 0 Å². The van der Waals surface area contributed by atoms with E-state index >= 15 is 0 Å². The molecule has 0 aliphatic carbocycles. The van der Waals surface area contributed by atoms with Gasteiger partial charge in [-0.2, -0.15) is 17.6 Å². The molecule has 3 heterocycles. The second kappa shape index (κ2) is 5.81. The van der Waals surface area contributed by atoms with E-state index in [9.17, 15) is 17.6 Å². The van der Waals surface area contributed by atoms with Crippen LogP contribution < -0.4 is 10.2 Å². The smallest absolute Gasteiger partial charge is 0.366 e. The van der Waals surface area contributed by atoms with E-state index in [0.717, 1.165) is 16.2 Å². The number of alkyl halides is 3. The third kappa shape index (κ3) is 3.20. The van der Waals surface area contributed by atoms with Gasteiger partial charge >= 0.3 is 6.18 Å². The topological polar surface area (TPSA) is 41.1 Å². The zero-order chi connectivity index (χ0) is 15.7. The van der Waals surface area contributed by atoms with Crippen molar-refractivity contribution in [3.8, 4) is 0 Å². The van der Waals surface area contributed by atoms with E-state index in [2.05, 4.69) is 15.3 Å². The van der Waals surface area contributed by atoms with E-state index in [4.69, 9.17) is 0 Å². The fourth-order valence-electron chi connectivity index (χ4n) is 2.32. The van der Waals surface area contributed by atoms with Crippen LogP contribution in [0.5, 0.6) is 0 Å². The lowest BCUT2D eigenvalue weighted by Crippen LogP contribution is -2.45. The molecule has 1 aliphatic rings. The van der Waals surface area contributed by atoms with Crippen LogP contribution in [0.1, 0.15) is 16.7 Å². The Balaban J connectivity index is 1.74. The molecule has 1 fully saturated rings. The van der Waals surface area contributed by atoms with Crippen molar-refractivity contribution in [1.29, 1.82) is 0 Å². The summed E-state index contributed by atoms with van der Waals surface area (Å²) in [6, 6.07) is 3.05. The van der Waals surface area contributed by atoms with Crippen LogP contribution in [0.2, 0.25) is 0 Å². The number of nitrogens with one attached hydrogen (secondary N) is 1. The first-order valence-electron chi connectivity index (χ1n) is 6.56. The molecule has 0 amide bonds. The lowest BCUT2D eigenvalue weighted by atomic mass is 10.1. The van der Waals surface area contributed by atoms with E-state index < -0.39 is 12.0 Å². The fourth-order valence-corrected chi connectivity index (χ4v) is 3.12. The molecule has 0 bridgehead atoms. The van der Waals surface area contributed by atoms with Crippen LogP contribution in [-0.4, -0.2) is 29.6 Å². The summed E-state index contributed by atoms with van der Waals surface area (Å²) in [4.78, 5) is 9.49. The Morgan fingerprint density at radius 2 is 1.95 bits per heavy atom. The Morgan fingerprint density at radius 3 is 2.55 bits per heavy atom. The Bertz CT molecular complexity index is 640. The minimum atomic E-state index is -4.54. The maximum atomic E-state index is 13.1. The van der Waals surface area contributed by atoms with Gasteiger partial charge in [0.25, 0.3) is 0 Å². The minimum Gasteiger partial charge on any atom is -0.366 e. The number of nitrogens with zero attached hydrogens (tertiary/aromatic N) is 3. The highest BCUT2D eigenvalue weighted by Gasteiger charge is 2.34. The maximum Gasteiger partial charge on any atom is 0.451 e. The first kappa shape index (κ1) is 15.2. The summed E-state index contributed by atoms with van der Waals surface area (Å²) in [6.07, 6.45) is -2.20. The third-order valence-electron chi connectivity index (χ3n) is 3.37. The summed E-state index contributed by atoms with van der Waals surface area (Å²) < 4.78 is 50.5. The quantitative estimate of drug-likeness (QED) is 0.859. The van der Waals surface area contributed by atoms with Crippen LogP contribution in [0.15, 0.2) is 24.5 Å². The highest BCUT2D eigenvalue weighted by molar-refractivity contribution is 7.10. The summed E-state index contributed by atoms with van der Waals surface area (Å²) in [6.45, 7) is 1.79. The molecule has 1 N–H and O–H groups in total. The summed E-state index contributed by atoms with van der Waals surface area (Å²) in [5.41, 5.74) is 0.525. The molecule has 0 spiro atoms. The molecule has 9 heteroatoms. The van der Waals surface area contributed by atoms with E-state index in [1.165, 1.54) is 18.5 Å². The van der Waals surface area contributed by atoms with Gasteiger partial charge in [0, 0.05) is 24.5 Å². The van der Waals surface area contributed by atoms with E-state index in [-0.39, 0.29) is 11.2 Å². The van der Waals surface area contributed by atoms with Crippen LogP contribution in [0.25, 0.3) is 0 Å². The number of halogens is 4. The van der Waals surface area contributed by atoms with E-state index in [1.807, 2.05) is 4.90 Å². The standard InChI is InChI=1S/C13H12F4N4S/c14-11-2-1-10(22-11)9-7-21(4-3-18-9)8-5-19-12(20-6-8)13(15,16)17/h1-2,5-6,9,18H,3-4,7H2. The van der Waals surface area contributed by atoms with Crippen molar-refractivity contribution >= 4 is 17.0 Å². The Labute approximate surface area is 127 Å². The molecule has 2 aromatic rings. The molecule has 2 aromatic heterocycles. The molecular formula is C13H12F4N4S. The lowest BCUT2D eigenvalue weighted by molar-refractivity contribution is -0.144. The van der Waals surface area contributed by atoms with Gasteiger partial charge < -0.3 is 10.2 Å². The van der Waals surface area contributed by atoms with Crippen LogP contribution in [0.3, 0.4) is 0 Å². The first-order valence-corrected chi connectivity index (χ1v) is 7.38. The number of rotatable bonds is 2. The Morgan fingerprint density at radius 1 is 1.23 bits per heavy atom. The summed E-state index contributed by atoms with van der Waals surface area (Å²) in [7, 11) is 0. The average molecular weight is 332 g/mol. The van der Waals surface area contributed by atoms with Crippen LogP contribution in [0, 0.1) is 5.13 Å². The Kier molecular flexibility index (Phi) is 4.00. The zero-order valence-corrected chi connectivity index (χ0v) is 12.1. The predicted octanol–water partition coefficient (Wildman–Crippen LogP) is 2.85. The molecule has 4 nitrogen and oxygen atoms in total.